The lowest BCUT2D eigenvalue weighted by Crippen LogP contribution is -2.43. The Morgan fingerprint density at radius 2 is 2.62 bits per heavy atom. The van der Waals surface area contributed by atoms with Gasteiger partial charge in [0.05, 0.1) is 13.3 Å². The zero-order valence-corrected chi connectivity index (χ0v) is 7.33. The van der Waals surface area contributed by atoms with Crippen molar-refractivity contribution in [2.75, 3.05) is 7.11 Å². The summed E-state index contributed by atoms with van der Waals surface area (Å²) in [6.07, 6.45) is 2.93. The Hall–Kier alpha value is -1.36. The van der Waals surface area contributed by atoms with Crippen LogP contribution < -0.4 is 5.73 Å². The lowest BCUT2D eigenvalue weighted by molar-refractivity contribution is -0.147. The molecule has 1 unspecified atom stereocenters. The molecule has 1 aromatic heterocycles. The Labute approximate surface area is 75.3 Å². The maximum absolute atomic E-state index is 11.4. The van der Waals surface area contributed by atoms with Gasteiger partial charge in [-0.15, -0.1) is 0 Å². The number of aryl methyl sites for hydroxylation is 1. The summed E-state index contributed by atoms with van der Waals surface area (Å²) in [6, 6.07) is 0. The number of esters is 1. The van der Waals surface area contributed by atoms with Crippen LogP contribution in [0, 0.1) is 0 Å². The summed E-state index contributed by atoms with van der Waals surface area (Å²) in [7, 11) is 1.34. The summed E-state index contributed by atoms with van der Waals surface area (Å²) in [6.45, 7) is 0. The van der Waals surface area contributed by atoms with Crippen LogP contribution in [0.1, 0.15) is 17.7 Å². The van der Waals surface area contributed by atoms with Gasteiger partial charge < -0.3 is 10.5 Å². The predicted octanol–water partition coefficient (Wildman–Crippen LogP) is -0.317. The molecule has 70 valence electrons. The Kier molecular flexibility index (Phi) is 1.63. The number of hydrogen-bond donors (Lipinski definition) is 2. The number of hydrogen-bond acceptors (Lipinski definition) is 4. The van der Waals surface area contributed by atoms with Gasteiger partial charge in [0.2, 0.25) is 0 Å². The number of aromatic amines is 1. The van der Waals surface area contributed by atoms with Gasteiger partial charge in [-0.05, 0) is 12.8 Å². The summed E-state index contributed by atoms with van der Waals surface area (Å²) in [5.74, 6) is -0.396. The minimum atomic E-state index is -0.989. The van der Waals surface area contributed by atoms with Crippen LogP contribution in [-0.2, 0) is 21.5 Å². The van der Waals surface area contributed by atoms with Crippen molar-refractivity contribution in [1.29, 1.82) is 0 Å². The molecular formula is C8H11N3O2. The van der Waals surface area contributed by atoms with E-state index in [0.29, 0.717) is 6.42 Å². The second-order valence-electron chi connectivity index (χ2n) is 3.23. The topological polar surface area (TPSA) is 81.0 Å². The number of nitrogens with one attached hydrogen (secondary N) is 1. The Morgan fingerprint density at radius 1 is 1.85 bits per heavy atom. The molecule has 5 heteroatoms. The van der Waals surface area contributed by atoms with Crippen molar-refractivity contribution in [3.8, 4) is 0 Å². The van der Waals surface area contributed by atoms with E-state index < -0.39 is 11.5 Å². The van der Waals surface area contributed by atoms with Crippen LogP contribution in [-0.4, -0.2) is 23.3 Å². The number of H-pyrrole nitrogens is 1. The molecule has 0 bridgehead atoms. The summed E-state index contributed by atoms with van der Waals surface area (Å²) < 4.78 is 4.66. The number of fused-ring (bicyclic) bond motifs is 1. The van der Waals surface area contributed by atoms with Crippen LogP contribution in [0.2, 0.25) is 0 Å². The first-order valence-electron chi connectivity index (χ1n) is 4.08. The van der Waals surface area contributed by atoms with E-state index in [1.54, 1.807) is 6.20 Å². The average molecular weight is 181 g/mol. The Balaban J connectivity index is 2.43. The zero-order chi connectivity index (χ0) is 9.47. The largest absolute Gasteiger partial charge is 0.467 e. The molecule has 2 rings (SSSR count). The summed E-state index contributed by atoms with van der Waals surface area (Å²) in [4.78, 5) is 11.4. The number of methoxy groups -OCH3 is 1. The number of nitrogens with zero attached hydrogens (tertiary/aromatic N) is 1. The van der Waals surface area contributed by atoms with Crippen molar-refractivity contribution in [2.45, 2.75) is 18.4 Å². The highest BCUT2D eigenvalue weighted by atomic mass is 16.5. The number of nitrogens with two attached hydrogens (primary N) is 1. The van der Waals surface area contributed by atoms with Gasteiger partial charge in [0.25, 0.3) is 0 Å². The molecule has 1 atom stereocenters. The molecule has 3 N–H and O–H groups in total. The van der Waals surface area contributed by atoms with E-state index in [1.807, 2.05) is 0 Å². The molecule has 0 saturated carbocycles. The lowest BCUT2D eigenvalue weighted by atomic mass is 9.96. The second kappa shape index (κ2) is 2.56. The fraction of sp³-hybridized carbons (Fsp3) is 0.500. The van der Waals surface area contributed by atoms with Gasteiger partial charge in [-0.1, -0.05) is 0 Å². The van der Waals surface area contributed by atoms with Crippen LogP contribution >= 0.6 is 0 Å². The van der Waals surface area contributed by atoms with Crippen molar-refractivity contribution in [2.24, 2.45) is 5.73 Å². The van der Waals surface area contributed by atoms with Crippen molar-refractivity contribution in [3.05, 3.63) is 17.5 Å². The molecule has 0 spiro atoms. The van der Waals surface area contributed by atoms with E-state index in [1.165, 1.54) is 7.11 Å². The Morgan fingerprint density at radius 3 is 3.31 bits per heavy atom. The number of rotatable bonds is 1. The third-order valence-electron chi connectivity index (χ3n) is 2.52. The second-order valence-corrected chi connectivity index (χ2v) is 3.23. The van der Waals surface area contributed by atoms with Gasteiger partial charge in [-0.2, -0.15) is 5.10 Å². The first-order valence-corrected chi connectivity index (χ1v) is 4.08. The van der Waals surface area contributed by atoms with Gasteiger partial charge in [0.1, 0.15) is 5.54 Å². The normalized spacial score (nSPS) is 25.7. The monoisotopic (exact) mass is 181 g/mol. The minimum Gasteiger partial charge on any atom is -0.467 e. The van der Waals surface area contributed by atoms with Gasteiger partial charge >= 0.3 is 5.97 Å². The molecule has 0 saturated heterocycles. The SMILES string of the molecule is COC(=O)C1(N)CCc2[nH]ncc21. The van der Waals surface area contributed by atoms with Crippen LogP contribution in [0.4, 0.5) is 0 Å². The highest BCUT2D eigenvalue weighted by molar-refractivity contribution is 5.83. The number of ether oxygens (including phenoxy) is 1. The molecule has 1 aliphatic rings. The fourth-order valence-electron chi connectivity index (χ4n) is 1.74. The molecule has 0 fully saturated rings. The number of carbonyl (C=O) groups is 1. The van der Waals surface area contributed by atoms with Crippen LogP contribution in [0.5, 0.6) is 0 Å². The van der Waals surface area contributed by atoms with E-state index in [4.69, 9.17) is 5.73 Å². The maximum Gasteiger partial charge on any atom is 0.330 e. The summed E-state index contributed by atoms with van der Waals surface area (Å²) >= 11 is 0. The predicted molar refractivity (Wildman–Crippen MR) is 44.8 cm³/mol. The van der Waals surface area contributed by atoms with Crippen LogP contribution in [0.3, 0.4) is 0 Å². The molecule has 5 nitrogen and oxygen atoms in total. The van der Waals surface area contributed by atoms with Gasteiger partial charge in [0, 0.05) is 11.3 Å². The minimum absolute atomic E-state index is 0.396. The van der Waals surface area contributed by atoms with Gasteiger partial charge in [-0.25, -0.2) is 4.79 Å². The maximum atomic E-state index is 11.4. The standard InChI is InChI=1S/C8H11N3O2/c1-13-7(12)8(9)3-2-6-5(8)4-10-11-6/h4H,2-3,9H2,1H3,(H,10,11). The van der Waals surface area contributed by atoms with Gasteiger partial charge in [0.15, 0.2) is 0 Å². The third kappa shape index (κ3) is 0.968. The molecule has 1 heterocycles. The fourth-order valence-corrected chi connectivity index (χ4v) is 1.74. The van der Waals surface area contributed by atoms with Crippen LogP contribution in [0.15, 0.2) is 6.20 Å². The van der Waals surface area contributed by atoms with E-state index in [0.717, 1.165) is 17.7 Å². The first kappa shape index (κ1) is 8.25. The van der Waals surface area contributed by atoms with Crippen molar-refractivity contribution >= 4 is 5.97 Å². The molecular weight excluding hydrogens is 170 g/mol. The highest BCUT2D eigenvalue weighted by Crippen LogP contribution is 2.34. The Bertz CT molecular complexity index is 347. The van der Waals surface area contributed by atoms with Crippen molar-refractivity contribution < 1.29 is 9.53 Å². The van der Waals surface area contributed by atoms with E-state index >= 15 is 0 Å². The molecule has 1 aliphatic carbocycles. The summed E-state index contributed by atoms with van der Waals surface area (Å²) in [5.41, 5.74) is 6.65. The lowest BCUT2D eigenvalue weighted by Gasteiger charge is -2.19. The average Bonchev–Trinajstić information content (AvgIpc) is 2.69. The van der Waals surface area contributed by atoms with E-state index in [-0.39, 0.29) is 0 Å². The number of aromatic nitrogens is 2. The van der Waals surface area contributed by atoms with Crippen molar-refractivity contribution in [1.82, 2.24) is 10.2 Å². The molecule has 0 aliphatic heterocycles. The highest BCUT2D eigenvalue weighted by Gasteiger charge is 2.44. The number of carbonyl (C=O) groups excluding carboxylic acids is 1. The first-order chi connectivity index (χ1) is 6.18. The molecule has 1 aromatic rings. The van der Waals surface area contributed by atoms with Crippen molar-refractivity contribution in [3.63, 3.8) is 0 Å². The summed E-state index contributed by atoms with van der Waals surface area (Å²) in [5, 5.41) is 6.66. The molecule has 0 aromatic carbocycles. The van der Waals surface area contributed by atoms with Gasteiger partial charge in [-0.3, -0.25) is 5.10 Å². The van der Waals surface area contributed by atoms with Crippen LogP contribution in [0.25, 0.3) is 0 Å². The van der Waals surface area contributed by atoms with E-state index in [2.05, 4.69) is 14.9 Å². The third-order valence-corrected chi connectivity index (χ3v) is 2.52. The molecule has 13 heavy (non-hydrogen) atoms. The quantitative estimate of drug-likeness (QED) is 0.582. The smallest absolute Gasteiger partial charge is 0.330 e. The van der Waals surface area contributed by atoms with E-state index in [9.17, 15) is 4.79 Å². The zero-order valence-electron chi connectivity index (χ0n) is 7.33. The molecule has 0 amide bonds. The molecule has 0 radical (unpaired) electrons.